The lowest BCUT2D eigenvalue weighted by Gasteiger charge is -2.01. The molecule has 0 aliphatic rings. The van der Waals surface area contributed by atoms with Crippen LogP contribution in [0.25, 0.3) is 5.69 Å². The zero-order valence-electron chi connectivity index (χ0n) is 13.9. The minimum absolute atomic E-state index is 0.00907. The number of aromatic nitrogens is 1. The van der Waals surface area contributed by atoms with E-state index in [9.17, 15) is 4.79 Å². The molecule has 4 heteroatoms. The third kappa shape index (κ3) is 3.41. The number of nitrogens with zero attached hydrogens (tertiary/aromatic N) is 2. The van der Waals surface area contributed by atoms with Crippen molar-refractivity contribution < 1.29 is 4.79 Å². The molecule has 26 heavy (non-hydrogen) atoms. The number of para-hydroxylation sites is 2. The van der Waals surface area contributed by atoms with Gasteiger partial charge in [-0.2, -0.15) is 0 Å². The van der Waals surface area contributed by atoms with E-state index in [0.29, 0.717) is 10.4 Å². The molecule has 0 spiro atoms. The van der Waals surface area contributed by atoms with E-state index in [1.807, 2.05) is 101 Å². The number of ketones is 1. The summed E-state index contributed by atoms with van der Waals surface area (Å²) in [7, 11) is 0. The van der Waals surface area contributed by atoms with Crippen LogP contribution < -0.4 is 5.49 Å². The summed E-state index contributed by atoms with van der Waals surface area (Å²) in [6, 6.07) is 30.9. The molecule has 0 atom stereocenters. The van der Waals surface area contributed by atoms with Crippen LogP contribution >= 0.6 is 11.5 Å². The molecule has 3 aromatic carbocycles. The average molecular weight is 356 g/mol. The van der Waals surface area contributed by atoms with Gasteiger partial charge in [0.25, 0.3) is 0 Å². The number of carbonyl (C=O) groups excluding carboxylic acids is 1. The highest BCUT2D eigenvalue weighted by atomic mass is 32.1. The minimum atomic E-state index is 0.00907. The molecule has 0 amide bonds. The number of rotatable bonds is 4. The highest BCUT2D eigenvalue weighted by Gasteiger charge is 2.14. The van der Waals surface area contributed by atoms with Crippen LogP contribution in [-0.2, 0) is 0 Å². The predicted molar refractivity (Wildman–Crippen MR) is 105 cm³/mol. The van der Waals surface area contributed by atoms with Crippen LogP contribution in [0.5, 0.6) is 0 Å². The Balaban J connectivity index is 1.86. The van der Waals surface area contributed by atoms with Gasteiger partial charge in [0.1, 0.15) is 5.49 Å². The SMILES string of the molecule is O=C(c1ccccc1)c1cc(=Nc2ccccc2)n(-c2ccccc2)s1. The summed E-state index contributed by atoms with van der Waals surface area (Å²) >= 11 is 1.41. The van der Waals surface area contributed by atoms with E-state index in [1.165, 1.54) is 11.5 Å². The number of benzene rings is 3. The zero-order valence-corrected chi connectivity index (χ0v) is 14.8. The van der Waals surface area contributed by atoms with Crippen LogP contribution in [0.3, 0.4) is 0 Å². The smallest absolute Gasteiger partial charge is 0.204 e. The molecular weight excluding hydrogens is 340 g/mol. The molecule has 4 aromatic rings. The summed E-state index contributed by atoms with van der Waals surface area (Å²) in [5.41, 5.74) is 3.26. The van der Waals surface area contributed by atoms with Gasteiger partial charge in [0.05, 0.1) is 16.3 Å². The second-order valence-electron chi connectivity index (χ2n) is 5.73. The van der Waals surface area contributed by atoms with Crippen molar-refractivity contribution in [1.82, 2.24) is 3.96 Å². The maximum Gasteiger partial charge on any atom is 0.204 e. The monoisotopic (exact) mass is 356 g/mol. The fourth-order valence-corrected chi connectivity index (χ4v) is 3.62. The molecule has 126 valence electrons. The number of carbonyl (C=O) groups is 1. The van der Waals surface area contributed by atoms with Crippen molar-refractivity contribution >= 4 is 23.0 Å². The first-order valence-corrected chi connectivity index (χ1v) is 9.07. The standard InChI is InChI=1S/C22H16N2OS/c25-22(17-10-4-1-5-11-17)20-16-21(23-18-12-6-2-7-13-18)24(26-20)19-14-8-3-9-15-19/h1-16H. The lowest BCUT2D eigenvalue weighted by Crippen LogP contribution is -2.11. The molecule has 1 aromatic heterocycles. The first kappa shape index (κ1) is 16.2. The first-order valence-electron chi connectivity index (χ1n) is 8.29. The van der Waals surface area contributed by atoms with E-state index >= 15 is 0 Å². The van der Waals surface area contributed by atoms with Gasteiger partial charge in [-0.05, 0) is 35.8 Å². The van der Waals surface area contributed by atoms with Gasteiger partial charge in [-0.15, -0.1) is 0 Å². The summed E-state index contributed by atoms with van der Waals surface area (Å²) in [6.45, 7) is 0. The van der Waals surface area contributed by atoms with E-state index in [1.54, 1.807) is 0 Å². The van der Waals surface area contributed by atoms with E-state index in [4.69, 9.17) is 4.99 Å². The predicted octanol–water partition coefficient (Wildman–Crippen LogP) is 5.00. The zero-order chi connectivity index (χ0) is 17.8. The summed E-state index contributed by atoms with van der Waals surface area (Å²) < 4.78 is 1.99. The van der Waals surface area contributed by atoms with Crippen LogP contribution in [-0.4, -0.2) is 9.74 Å². The maximum atomic E-state index is 12.9. The molecule has 4 rings (SSSR count). The second kappa shape index (κ2) is 7.33. The molecule has 0 fully saturated rings. The Labute approximate surface area is 155 Å². The van der Waals surface area contributed by atoms with Crippen molar-refractivity contribution in [2.45, 2.75) is 0 Å². The lowest BCUT2D eigenvalue weighted by atomic mass is 10.1. The third-order valence-electron chi connectivity index (χ3n) is 3.91. The number of hydrogen-bond donors (Lipinski definition) is 0. The van der Waals surface area contributed by atoms with Gasteiger partial charge in [-0.1, -0.05) is 66.7 Å². The third-order valence-corrected chi connectivity index (χ3v) is 4.99. The quantitative estimate of drug-likeness (QED) is 0.474. The van der Waals surface area contributed by atoms with Crippen molar-refractivity contribution in [2.75, 3.05) is 0 Å². The molecule has 0 aliphatic carbocycles. The van der Waals surface area contributed by atoms with E-state index in [-0.39, 0.29) is 5.78 Å². The normalized spacial score (nSPS) is 11.5. The van der Waals surface area contributed by atoms with Crippen molar-refractivity contribution in [2.24, 2.45) is 4.99 Å². The summed E-state index contributed by atoms with van der Waals surface area (Å²) in [5.74, 6) is 0.00907. The molecule has 0 aliphatic heterocycles. The first-order chi connectivity index (χ1) is 12.8. The molecule has 3 nitrogen and oxygen atoms in total. The van der Waals surface area contributed by atoms with Gasteiger partial charge < -0.3 is 0 Å². The molecular formula is C22H16N2OS. The van der Waals surface area contributed by atoms with Gasteiger partial charge in [-0.25, -0.2) is 8.95 Å². The molecule has 1 heterocycles. The highest BCUT2D eigenvalue weighted by Crippen LogP contribution is 2.18. The lowest BCUT2D eigenvalue weighted by molar-refractivity contribution is 0.104. The van der Waals surface area contributed by atoms with Crippen LogP contribution in [0, 0.1) is 0 Å². The van der Waals surface area contributed by atoms with Gasteiger partial charge in [0.2, 0.25) is 5.78 Å². The maximum absolute atomic E-state index is 12.9. The average Bonchev–Trinajstić information content (AvgIpc) is 3.13. The van der Waals surface area contributed by atoms with Crippen molar-refractivity contribution in [3.8, 4) is 5.69 Å². The van der Waals surface area contributed by atoms with Gasteiger partial charge >= 0.3 is 0 Å². The van der Waals surface area contributed by atoms with E-state index in [2.05, 4.69) is 0 Å². The Morgan fingerprint density at radius 2 is 1.35 bits per heavy atom. The van der Waals surface area contributed by atoms with Crippen molar-refractivity contribution in [1.29, 1.82) is 0 Å². The van der Waals surface area contributed by atoms with Crippen molar-refractivity contribution in [3.05, 3.63) is 113 Å². The van der Waals surface area contributed by atoms with Crippen LogP contribution in [0.2, 0.25) is 0 Å². The number of hydrogen-bond acceptors (Lipinski definition) is 3. The molecule has 0 N–H and O–H groups in total. The van der Waals surface area contributed by atoms with Gasteiger partial charge in [-0.3, -0.25) is 4.79 Å². The van der Waals surface area contributed by atoms with E-state index < -0.39 is 0 Å². The van der Waals surface area contributed by atoms with E-state index in [0.717, 1.165) is 16.9 Å². The topological polar surface area (TPSA) is 34.4 Å². The minimum Gasteiger partial charge on any atom is -0.288 e. The summed E-state index contributed by atoms with van der Waals surface area (Å²) in [4.78, 5) is 18.2. The Hall–Kier alpha value is -3.24. The van der Waals surface area contributed by atoms with Crippen LogP contribution in [0.1, 0.15) is 15.2 Å². The van der Waals surface area contributed by atoms with Crippen LogP contribution in [0.15, 0.2) is 102 Å². The largest absolute Gasteiger partial charge is 0.288 e. The molecule has 0 radical (unpaired) electrons. The van der Waals surface area contributed by atoms with Crippen molar-refractivity contribution in [3.63, 3.8) is 0 Å². The molecule has 0 unspecified atom stereocenters. The summed E-state index contributed by atoms with van der Waals surface area (Å²) in [6.07, 6.45) is 0. The van der Waals surface area contributed by atoms with Crippen LogP contribution in [0.4, 0.5) is 5.69 Å². The Kier molecular flexibility index (Phi) is 4.58. The molecule has 0 saturated carbocycles. The Morgan fingerprint density at radius 1 is 0.769 bits per heavy atom. The highest BCUT2D eigenvalue weighted by molar-refractivity contribution is 7.09. The van der Waals surface area contributed by atoms with Gasteiger partial charge in [0.15, 0.2) is 0 Å². The Bertz CT molecular complexity index is 1080. The second-order valence-corrected chi connectivity index (χ2v) is 6.72. The fraction of sp³-hybridized carbons (Fsp3) is 0. The summed E-state index contributed by atoms with van der Waals surface area (Å²) in [5, 5.41) is 0. The fourth-order valence-electron chi connectivity index (χ4n) is 2.65. The van der Waals surface area contributed by atoms with Gasteiger partial charge in [0, 0.05) is 11.6 Å². The molecule has 0 saturated heterocycles. The Morgan fingerprint density at radius 3 is 2.00 bits per heavy atom. The molecule has 0 bridgehead atoms.